The SMILES string of the molecule is c1ccc(N2c3ccccc3B3c4c(-c5ccc(-c6cccc7c8ccccc8n(-c8ccccc8)c67)cc5)cccc4N(c4ccccc4)c4cccc2c43)cc1. The number of rotatable bonds is 5. The topological polar surface area (TPSA) is 11.4 Å². The third-order valence-electron chi connectivity index (χ3n) is 12.2. The number of nitrogens with zero attached hydrogens (tertiary/aromatic N) is 3. The van der Waals surface area contributed by atoms with Crippen LogP contribution in [0.15, 0.2) is 218 Å². The molecule has 0 atom stereocenters. The van der Waals surface area contributed by atoms with Crippen molar-refractivity contribution in [3.63, 3.8) is 0 Å². The molecule has 0 saturated heterocycles. The van der Waals surface area contributed by atoms with Gasteiger partial charge in [-0.25, -0.2) is 0 Å². The van der Waals surface area contributed by atoms with E-state index in [9.17, 15) is 0 Å². The second-order valence-electron chi connectivity index (χ2n) is 15.2. The molecular weight excluding hydrogens is 701 g/mol. The van der Waals surface area contributed by atoms with Crippen molar-refractivity contribution >= 4 is 79.0 Å². The molecule has 0 N–H and O–H groups in total. The summed E-state index contributed by atoms with van der Waals surface area (Å²) in [6.45, 7) is 0.0310. The average molecular weight is 738 g/mol. The zero-order chi connectivity index (χ0) is 38.2. The van der Waals surface area contributed by atoms with Crippen molar-refractivity contribution in [2.75, 3.05) is 9.80 Å². The van der Waals surface area contributed by atoms with Gasteiger partial charge in [0.05, 0.1) is 11.0 Å². The van der Waals surface area contributed by atoms with Gasteiger partial charge in [-0.1, -0.05) is 152 Å². The van der Waals surface area contributed by atoms with Gasteiger partial charge in [0.15, 0.2) is 0 Å². The first-order chi connectivity index (χ1) is 28.8. The van der Waals surface area contributed by atoms with Crippen molar-refractivity contribution in [3.05, 3.63) is 218 Å². The van der Waals surface area contributed by atoms with Crippen LogP contribution in [-0.2, 0) is 0 Å². The predicted octanol–water partition coefficient (Wildman–Crippen LogP) is 12.2. The Morgan fingerprint density at radius 3 is 1.47 bits per heavy atom. The van der Waals surface area contributed by atoms with Gasteiger partial charge in [0.25, 0.3) is 6.71 Å². The summed E-state index contributed by atoms with van der Waals surface area (Å²) in [4.78, 5) is 4.92. The van der Waals surface area contributed by atoms with E-state index in [1.54, 1.807) is 0 Å². The Balaban J connectivity index is 1.07. The molecule has 270 valence electrons. The van der Waals surface area contributed by atoms with Crippen LogP contribution in [-0.4, -0.2) is 11.3 Å². The van der Waals surface area contributed by atoms with E-state index < -0.39 is 0 Å². The minimum atomic E-state index is 0.0310. The van der Waals surface area contributed by atoms with E-state index >= 15 is 0 Å². The van der Waals surface area contributed by atoms with Crippen LogP contribution in [0.1, 0.15) is 0 Å². The molecule has 10 aromatic rings. The number of hydrogen-bond acceptors (Lipinski definition) is 2. The van der Waals surface area contributed by atoms with Crippen LogP contribution in [0.5, 0.6) is 0 Å². The van der Waals surface area contributed by atoms with Gasteiger partial charge >= 0.3 is 0 Å². The summed E-state index contributed by atoms with van der Waals surface area (Å²) in [6.07, 6.45) is 0. The summed E-state index contributed by atoms with van der Waals surface area (Å²) in [5.41, 5.74) is 19.6. The first kappa shape index (κ1) is 32.7. The molecule has 0 amide bonds. The predicted molar refractivity (Wildman–Crippen MR) is 246 cm³/mol. The molecule has 58 heavy (non-hydrogen) atoms. The highest BCUT2D eigenvalue weighted by molar-refractivity contribution is 7.01. The van der Waals surface area contributed by atoms with Crippen molar-refractivity contribution in [3.8, 4) is 27.9 Å². The van der Waals surface area contributed by atoms with Gasteiger partial charge in [-0.2, -0.15) is 0 Å². The van der Waals surface area contributed by atoms with Crippen LogP contribution >= 0.6 is 0 Å². The number of benzene rings is 9. The Morgan fingerprint density at radius 2 is 0.776 bits per heavy atom. The van der Waals surface area contributed by atoms with E-state index in [1.807, 2.05) is 0 Å². The van der Waals surface area contributed by atoms with Crippen LogP contribution in [0, 0.1) is 0 Å². The smallest absolute Gasteiger partial charge is 0.252 e. The molecule has 0 spiro atoms. The third kappa shape index (κ3) is 4.82. The molecule has 12 rings (SSSR count). The Labute approximate surface area is 338 Å². The number of anilines is 6. The second-order valence-corrected chi connectivity index (χ2v) is 15.2. The molecule has 2 aliphatic heterocycles. The third-order valence-corrected chi connectivity index (χ3v) is 12.2. The fraction of sp³-hybridized carbons (Fsp3) is 0. The van der Waals surface area contributed by atoms with Gasteiger partial charge < -0.3 is 14.4 Å². The van der Waals surface area contributed by atoms with E-state index in [4.69, 9.17) is 0 Å². The Hall–Kier alpha value is -7.56. The fourth-order valence-electron chi connectivity index (χ4n) is 9.82. The lowest BCUT2D eigenvalue weighted by atomic mass is 9.32. The van der Waals surface area contributed by atoms with E-state index in [0.29, 0.717) is 0 Å². The molecule has 0 fully saturated rings. The maximum atomic E-state index is 2.47. The molecule has 3 heterocycles. The molecule has 1 aromatic heterocycles. The Bertz CT molecular complexity index is 3160. The molecule has 0 saturated carbocycles. The quantitative estimate of drug-likeness (QED) is 0.163. The number of para-hydroxylation sites is 6. The highest BCUT2D eigenvalue weighted by Crippen LogP contribution is 2.45. The fourth-order valence-corrected chi connectivity index (χ4v) is 9.82. The largest absolute Gasteiger partial charge is 0.311 e. The normalized spacial score (nSPS) is 12.7. The molecule has 2 aliphatic rings. The lowest BCUT2D eigenvalue weighted by Crippen LogP contribution is -2.61. The summed E-state index contributed by atoms with van der Waals surface area (Å²) in [7, 11) is 0. The number of hydrogen-bond donors (Lipinski definition) is 0. The summed E-state index contributed by atoms with van der Waals surface area (Å²) in [5, 5.41) is 2.52. The second kappa shape index (κ2) is 13.0. The van der Waals surface area contributed by atoms with E-state index in [-0.39, 0.29) is 6.71 Å². The van der Waals surface area contributed by atoms with Crippen LogP contribution in [0.2, 0.25) is 0 Å². The highest BCUT2D eigenvalue weighted by Gasteiger charge is 2.44. The monoisotopic (exact) mass is 737 g/mol. The van der Waals surface area contributed by atoms with Gasteiger partial charge in [0.1, 0.15) is 0 Å². The van der Waals surface area contributed by atoms with Crippen LogP contribution in [0.25, 0.3) is 49.7 Å². The molecule has 0 aliphatic carbocycles. The molecule has 0 unspecified atom stereocenters. The van der Waals surface area contributed by atoms with Gasteiger partial charge in [0, 0.05) is 56.1 Å². The van der Waals surface area contributed by atoms with Crippen molar-refractivity contribution < 1.29 is 0 Å². The molecule has 4 heteroatoms. The zero-order valence-electron chi connectivity index (χ0n) is 31.7. The first-order valence-corrected chi connectivity index (χ1v) is 20.1. The van der Waals surface area contributed by atoms with E-state index in [0.717, 1.165) is 17.1 Å². The van der Waals surface area contributed by atoms with E-state index in [2.05, 4.69) is 233 Å². The number of fused-ring (bicyclic) bond motifs is 7. The van der Waals surface area contributed by atoms with Crippen LogP contribution < -0.4 is 26.2 Å². The average Bonchev–Trinajstić information content (AvgIpc) is 3.64. The van der Waals surface area contributed by atoms with Gasteiger partial charge in [0.2, 0.25) is 0 Å². The Morgan fingerprint density at radius 1 is 0.310 bits per heavy atom. The van der Waals surface area contributed by atoms with Crippen molar-refractivity contribution in [1.29, 1.82) is 0 Å². The van der Waals surface area contributed by atoms with Crippen molar-refractivity contribution in [1.82, 2.24) is 4.57 Å². The minimum Gasteiger partial charge on any atom is -0.311 e. The molecule has 0 radical (unpaired) electrons. The van der Waals surface area contributed by atoms with Gasteiger partial charge in [-0.15, -0.1) is 0 Å². The summed E-state index contributed by atoms with van der Waals surface area (Å²) >= 11 is 0. The number of aromatic nitrogens is 1. The van der Waals surface area contributed by atoms with Crippen LogP contribution in [0.4, 0.5) is 34.1 Å². The lowest BCUT2D eigenvalue weighted by molar-refractivity contribution is 1.18. The van der Waals surface area contributed by atoms with Crippen molar-refractivity contribution in [2.45, 2.75) is 0 Å². The van der Waals surface area contributed by atoms with Gasteiger partial charge in [-0.3, -0.25) is 0 Å². The minimum absolute atomic E-state index is 0.0310. The Kier molecular flexibility index (Phi) is 7.33. The lowest BCUT2D eigenvalue weighted by Gasteiger charge is -2.44. The standard InChI is InChI=1S/C54H36BN3/c1-4-17-39(18-5-1)56-48-29-13-11-27-46(48)55-52-42(24-15-30-49(52)57(40-19-6-2-7-20-40)51-32-16-31-50(56)53(51)55)37-33-35-38(36-34-37)43-25-14-26-45-44-23-10-12-28-47(44)58(54(43)45)41-21-8-3-9-22-41/h1-36H. The maximum Gasteiger partial charge on any atom is 0.252 e. The van der Waals surface area contributed by atoms with Gasteiger partial charge in [-0.05, 0) is 99.8 Å². The summed E-state index contributed by atoms with van der Waals surface area (Å²) in [6, 6.07) is 79.9. The first-order valence-electron chi connectivity index (χ1n) is 20.1. The maximum absolute atomic E-state index is 2.47. The zero-order valence-corrected chi connectivity index (χ0v) is 31.7. The molecular formula is C54H36BN3. The van der Waals surface area contributed by atoms with Crippen molar-refractivity contribution in [2.24, 2.45) is 0 Å². The molecule has 0 bridgehead atoms. The molecule has 9 aromatic carbocycles. The summed E-state index contributed by atoms with van der Waals surface area (Å²) in [5.74, 6) is 0. The van der Waals surface area contributed by atoms with Crippen LogP contribution in [0.3, 0.4) is 0 Å². The molecule has 3 nitrogen and oxygen atoms in total. The highest BCUT2D eigenvalue weighted by atomic mass is 15.2. The van der Waals surface area contributed by atoms with E-state index in [1.165, 1.54) is 83.2 Å². The summed E-state index contributed by atoms with van der Waals surface area (Å²) < 4.78 is 2.42.